The Morgan fingerprint density at radius 1 is 1.08 bits per heavy atom. The molecule has 3 heterocycles. The smallest absolute Gasteiger partial charge is 0.257 e. The molecule has 2 aliphatic rings. The van der Waals surface area contributed by atoms with Crippen molar-refractivity contribution in [1.82, 2.24) is 9.29 Å². The van der Waals surface area contributed by atoms with E-state index in [0.29, 0.717) is 43.5 Å². The summed E-state index contributed by atoms with van der Waals surface area (Å²) in [5, 5.41) is -0.476. The van der Waals surface area contributed by atoms with E-state index in [1.54, 1.807) is 12.1 Å². The Morgan fingerprint density at radius 3 is 2.71 bits per heavy atom. The van der Waals surface area contributed by atoms with Gasteiger partial charge in [0, 0.05) is 6.54 Å². The fourth-order valence-electron chi connectivity index (χ4n) is 3.13. The van der Waals surface area contributed by atoms with Crippen molar-refractivity contribution in [2.45, 2.75) is 18.2 Å². The van der Waals surface area contributed by atoms with Gasteiger partial charge in [-0.05, 0) is 24.1 Å². The molecule has 0 aliphatic carbocycles. The monoisotopic (exact) mass is 346 g/mol. The molecule has 24 heavy (non-hydrogen) atoms. The van der Waals surface area contributed by atoms with Gasteiger partial charge in [-0.2, -0.15) is 4.31 Å². The predicted octanol–water partition coefficient (Wildman–Crippen LogP) is 2.13. The quantitative estimate of drug-likeness (QED) is 0.852. The highest BCUT2D eigenvalue weighted by Crippen LogP contribution is 2.36. The van der Waals surface area contributed by atoms with Crippen LogP contribution in [0, 0.1) is 0 Å². The summed E-state index contributed by atoms with van der Waals surface area (Å²) in [6, 6.07) is 12.9. The Morgan fingerprint density at radius 2 is 1.88 bits per heavy atom. The van der Waals surface area contributed by atoms with Crippen LogP contribution in [0.4, 0.5) is 0 Å². The second-order valence-corrected chi connectivity index (χ2v) is 7.98. The highest BCUT2D eigenvalue weighted by atomic mass is 32.2. The van der Waals surface area contributed by atoms with E-state index in [4.69, 9.17) is 9.47 Å². The third-order valence-corrected chi connectivity index (χ3v) is 6.59. The van der Waals surface area contributed by atoms with Gasteiger partial charge in [-0.3, -0.25) is 0 Å². The van der Waals surface area contributed by atoms with Crippen LogP contribution in [0.5, 0.6) is 11.6 Å². The Kier molecular flexibility index (Phi) is 3.90. The number of rotatable bonds is 3. The van der Waals surface area contributed by atoms with E-state index < -0.39 is 15.3 Å². The molecule has 4 rings (SSSR count). The van der Waals surface area contributed by atoms with Gasteiger partial charge in [0.15, 0.2) is 5.75 Å². The van der Waals surface area contributed by atoms with Crippen LogP contribution < -0.4 is 9.47 Å². The van der Waals surface area contributed by atoms with E-state index in [2.05, 4.69) is 4.98 Å². The maximum absolute atomic E-state index is 12.8. The summed E-state index contributed by atoms with van der Waals surface area (Å²) in [5.74, 6) is 1.05. The average molecular weight is 346 g/mol. The van der Waals surface area contributed by atoms with Crippen molar-refractivity contribution in [2.75, 3.05) is 19.8 Å². The third-order valence-electron chi connectivity index (χ3n) is 4.33. The molecule has 0 amide bonds. The molecule has 2 aromatic rings. The molecule has 0 bridgehead atoms. The van der Waals surface area contributed by atoms with Crippen molar-refractivity contribution in [3.8, 4) is 11.6 Å². The number of aromatic nitrogens is 1. The largest absolute Gasteiger partial charge is 0.484 e. The van der Waals surface area contributed by atoms with Crippen molar-refractivity contribution in [3.63, 3.8) is 0 Å². The number of pyridine rings is 1. The zero-order valence-electron chi connectivity index (χ0n) is 13.1. The predicted molar refractivity (Wildman–Crippen MR) is 88.4 cm³/mol. The van der Waals surface area contributed by atoms with Crippen LogP contribution in [0.3, 0.4) is 0 Å². The summed E-state index contributed by atoms with van der Waals surface area (Å²) in [6.07, 6.45) is 0.594. The lowest BCUT2D eigenvalue weighted by Gasteiger charge is -2.20. The van der Waals surface area contributed by atoms with Crippen molar-refractivity contribution >= 4 is 10.0 Å². The molecule has 1 fully saturated rings. The molecular formula is C17H18N2O4S. The number of fused-ring (bicyclic) bond motifs is 1. The highest BCUT2D eigenvalue weighted by molar-refractivity contribution is 7.89. The SMILES string of the molecule is O=S1(=O)C(c2ccccc2)CCN1Cc1ccc2c(n1)OCCO2. The molecule has 1 atom stereocenters. The Hall–Kier alpha value is -2.12. The van der Waals surface area contributed by atoms with E-state index in [1.807, 2.05) is 30.3 Å². The van der Waals surface area contributed by atoms with Crippen molar-refractivity contribution < 1.29 is 17.9 Å². The molecule has 6 nitrogen and oxygen atoms in total. The van der Waals surface area contributed by atoms with Crippen molar-refractivity contribution in [1.29, 1.82) is 0 Å². The summed E-state index contributed by atoms with van der Waals surface area (Å²) in [5.41, 5.74) is 1.51. The molecule has 126 valence electrons. The minimum absolute atomic E-state index is 0.252. The molecular weight excluding hydrogens is 328 g/mol. The molecule has 1 unspecified atom stereocenters. The third kappa shape index (κ3) is 2.74. The van der Waals surface area contributed by atoms with Gasteiger partial charge in [-0.25, -0.2) is 13.4 Å². The molecule has 1 aromatic heterocycles. The summed E-state index contributed by atoms with van der Waals surface area (Å²) in [7, 11) is -3.38. The van der Waals surface area contributed by atoms with Gasteiger partial charge in [0.1, 0.15) is 18.5 Å². The number of sulfonamides is 1. The zero-order valence-corrected chi connectivity index (χ0v) is 13.9. The molecule has 0 N–H and O–H groups in total. The first kappa shape index (κ1) is 15.4. The van der Waals surface area contributed by atoms with Gasteiger partial charge in [0.25, 0.3) is 5.88 Å². The Labute approximate surface area is 141 Å². The standard InChI is InChI=1S/C17H18N2O4S/c20-24(21)16(13-4-2-1-3-5-13)8-9-19(24)12-14-6-7-15-17(18-14)23-11-10-22-15/h1-7,16H,8-12H2. The van der Waals surface area contributed by atoms with Gasteiger partial charge in [-0.1, -0.05) is 30.3 Å². The lowest BCUT2D eigenvalue weighted by molar-refractivity contribution is 0.163. The van der Waals surface area contributed by atoms with Gasteiger partial charge < -0.3 is 9.47 Å². The first-order valence-corrected chi connectivity index (χ1v) is 9.44. The summed E-state index contributed by atoms with van der Waals surface area (Å²) in [4.78, 5) is 4.39. The second-order valence-electron chi connectivity index (χ2n) is 5.87. The maximum Gasteiger partial charge on any atom is 0.257 e. The van der Waals surface area contributed by atoms with Crippen LogP contribution >= 0.6 is 0 Å². The first-order chi connectivity index (χ1) is 11.6. The molecule has 0 spiro atoms. The van der Waals surface area contributed by atoms with E-state index >= 15 is 0 Å². The number of nitrogens with zero attached hydrogens (tertiary/aromatic N) is 2. The fourth-order valence-corrected chi connectivity index (χ4v) is 5.07. The van der Waals surface area contributed by atoms with E-state index in [9.17, 15) is 8.42 Å². The lowest BCUT2D eigenvalue weighted by atomic mass is 10.1. The van der Waals surface area contributed by atoms with E-state index in [0.717, 1.165) is 5.56 Å². The van der Waals surface area contributed by atoms with Crippen LogP contribution in [-0.2, 0) is 16.6 Å². The molecule has 1 aromatic carbocycles. The van der Waals surface area contributed by atoms with Gasteiger partial charge in [0.2, 0.25) is 10.0 Å². The molecule has 2 aliphatic heterocycles. The van der Waals surface area contributed by atoms with Gasteiger partial charge in [-0.15, -0.1) is 0 Å². The molecule has 1 saturated heterocycles. The fraction of sp³-hybridized carbons (Fsp3) is 0.353. The maximum atomic E-state index is 12.8. The van der Waals surface area contributed by atoms with Gasteiger partial charge in [0.05, 0.1) is 12.2 Å². The van der Waals surface area contributed by atoms with Crippen LogP contribution in [0.1, 0.15) is 22.9 Å². The Bertz CT molecular complexity index is 839. The van der Waals surface area contributed by atoms with E-state index in [1.165, 1.54) is 4.31 Å². The van der Waals surface area contributed by atoms with Crippen molar-refractivity contribution in [3.05, 3.63) is 53.7 Å². The second kappa shape index (κ2) is 6.07. The lowest BCUT2D eigenvalue weighted by Crippen LogP contribution is -2.27. The van der Waals surface area contributed by atoms with Crippen LogP contribution in [0.25, 0.3) is 0 Å². The number of hydrogen-bond donors (Lipinski definition) is 0. The minimum atomic E-state index is -3.38. The zero-order chi connectivity index (χ0) is 16.6. The molecule has 0 radical (unpaired) electrons. The normalized spacial score (nSPS) is 22.4. The summed E-state index contributed by atoms with van der Waals surface area (Å²) in [6.45, 7) is 1.72. The van der Waals surface area contributed by atoms with Crippen LogP contribution in [0.15, 0.2) is 42.5 Å². The van der Waals surface area contributed by atoms with Crippen LogP contribution in [0.2, 0.25) is 0 Å². The van der Waals surface area contributed by atoms with Gasteiger partial charge >= 0.3 is 0 Å². The van der Waals surface area contributed by atoms with Crippen molar-refractivity contribution in [2.24, 2.45) is 0 Å². The number of benzene rings is 1. The minimum Gasteiger partial charge on any atom is -0.484 e. The number of ether oxygens (including phenoxy) is 2. The average Bonchev–Trinajstić information content (AvgIpc) is 2.90. The number of hydrogen-bond acceptors (Lipinski definition) is 5. The topological polar surface area (TPSA) is 68.7 Å². The van der Waals surface area contributed by atoms with E-state index in [-0.39, 0.29) is 6.54 Å². The highest BCUT2D eigenvalue weighted by Gasteiger charge is 2.39. The first-order valence-electron chi connectivity index (χ1n) is 7.94. The molecule has 7 heteroatoms. The van der Waals surface area contributed by atoms with Crippen LogP contribution in [-0.4, -0.2) is 37.5 Å². The summed E-state index contributed by atoms with van der Waals surface area (Å²) >= 11 is 0. The Balaban J connectivity index is 1.55. The molecule has 0 saturated carbocycles. The summed E-state index contributed by atoms with van der Waals surface area (Å²) < 4.78 is 38.1.